The highest BCUT2D eigenvalue weighted by Gasteiger charge is 2.16. The zero-order valence-electron chi connectivity index (χ0n) is 5.48. The summed E-state index contributed by atoms with van der Waals surface area (Å²) in [4.78, 5) is 3.46. The molecule has 11 heavy (non-hydrogen) atoms. The summed E-state index contributed by atoms with van der Waals surface area (Å²) in [6.07, 6.45) is 6.01. The van der Waals surface area contributed by atoms with Crippen LogP contribution in [0.15, 0.2) is 11.5 Å². The maximum atomic E-state index is 11.0. The maximum Gasteiger partial charge on any atom is 0.267 e. The minimum Gasteiger partial charge on any atom is -0.265 e. The number of hydrogen-bond donors (Lipinski definition) is 1. The standard InChI is InChI=1S/C5H5N3O2S/c1-2-3-11(9,10)5-6-4-7-8-5/h1,4H,3H2,(H,6,7,8). The summed E-state index contributed by atoms with van der Waals surface area (Å²) in [5.74, 6) is 1.64. The molecular weight excluding hydrogens is 166 g/mol. The molecule has 0 fully saturated rings. The van der Waals surface area contributed by atoms with Gasteiger partial charge < -0.3 is 0 Å². The fourth-order valence-corrected chi connectivity index (χ4v) is 1.27. The highest BCUT2D eigenvalue weighted by Crippen LogP contribution is 1.99. The van der Waals surface area contributed by atoms with E-state index in [0.29, 0.717) is 0 Å². The van der Waals surface area contributed by atoms with Crippen molar-refractivity contribution in [2.75, 3.05) is 5.75 Å². The maximum absolute atomic E-state index is 11.0. The molecular formula is C5H5N3O2S. The Balaban J connectivity index is 3.04. The first-order chi connectivity index (χ1) is 5.17. The highest BCUT2D eigenvalue weighted by atomic mass is 32.2. The molecule has 6 heteroatoms. The van der Waals surface area contributed by atoms with Crippen molar-refractivity contribution in [1.29, 1.82) is 0 Å². The monoisotopic (exact) mass is 171 g/mol. The van der Waals surface area contributed by atoms with Crippen LogP contribution < -0.4 is 0 Å². The number of hydrogen-bond acceptors (Lipinski definition) is 4. The summed E-state index contributed by atoms with van der Waals surface area (Å²) in [6, 6.07) is 0. The van der Waals surface area contributed by atoms with Crippen molar-refractivity contribution in [3.8, 4) is 12.3 Å². The van der Waals surface area contributed by atoms with E-state index in [1.165, 1.54) is 6.33 Å². The highest BCUT2D eigenvalue weighted by molar-refractivity contribution is 7.91. The predicted molar refractivity (Wildman–Crippen MR) is 37.3 cm³/mol. The van der Waals surface area contributed by atoms with Gasteiger partial charge in [-0.15, -0.1) is 11.5 Å². The Hall–Kier alpha value is -1.35. The van der Waals surface area contributed by atoms with Crippen molar-refractivity contribution < 1.29 is 8.42 Å². The van der Waals surface area contributed by atoms with E-state index in [1.54, 1.807) is 0 Å². The van der Waals surface area contributed by atoms with E-state index in [0.717, 1.165) is 0 Å². The number of nitrogens with one attached hydrogen (secondary N) is 1. The Labute approximate surface area is 63.8 Å². The fourth-order valence-electron chi connectivity index (χ4n) is 0.521. The molecule has 0 saturated carbocycles. The third kappa shape index (κ3) is 1.56. The van der Waals surface area contributed by atoms with E-state index in [4.69, 9.17) is 6.42 Å². The molecule has 1 heterocycles. The van der Waals surface area contributed by atoms with Crippen molar-refractivity contribution in [1.82, 2.24) is 15.2 Å². The van der Waals surface area contributed by atoms with Crippen LogP contribution in [-0.2, 0) is 9.84 Å². The number of aromatic nitrogens is 3. The molecule has 1 aromatic heterocycles. The quantitative estimate of drug-likeness (QED) is 0.592. The lowest BCUT2D eigenvalue weighted by atomic mass is 10.8. The molecule has 0 aromatic carbocycles. The van der Waals surface area contributed by atoms with Gasteiger partial charge in [-0.05, 0) is 0 Å². The molecule has 58 valence electrons. The SMILES string of the molecule is C#CCS(=O)(=O)c1nc[nH]n1. The van der Waals surface area contributed by atoms with E-state index in [9.17, 15) is 8.42 Å². The van der Waals surface area contributed by atoms with Gasteiger partial charge in [0.2, 0.25) is 9.84 Å². The van der Waals surface area contributed by atoms with Crippen LogP contribution in [0.4, 0.5) is 0 Å². The molecule has 1 N–H and O–H groups in total. The number of aromatic amines is 1. The van der Waals surface area contributed by atoms with Crippen LogP contribution >= 0.6 is 0 Å². The number of sulfone groups is 1. The minimum atomic E-state index is -3.46. The zero-order chi connectivity index (χ0) is 8.32. The van der Waals surface area contributed by atoms with Crippen LogP contribution in [0.3, 0.4) is 0 Å². The van der Waals surface area contributed by atoms with Crippen molar-refractivity contribution >= 4 is 9.84 Å². The van der Waals surface area contributed by atoms with Crippen LogP contribution in [0.2, 0.25) is 0 Å². The van der Waals surface area contributed by atoms with Crippen LogP contribution in [0.5, 0.6) is 0 Å². The average Bonchev–Trinajstić information content (AvgIpc) is 2.37. The van der Waals surface area contributed by atoms with Crippen molar-refractivity contribution in [3.63, 3.8) is 0 Å². The molecule has 0 aliphatic rings. The molecule has 0 atom stereocenters. The molecule has 1 aromatic rings. The first-order valence-corrected chi connectivity index (χ1v) is 4.34. The predicted octanol–water partition coefficient (Wildman–Crippen LogP) is -0.788. The molecule has 0 amide bonds. The van der Waals surface area contributed by atoms with Crippen molar-refractivity contribution in [2.24, 2.45) is 0 Å². The summed E-state index contributed by atoms with van der Waals surface area (Å²) in [5.41, 5.74) is 0. The number of terminal acetylenes is 1. The number of H-pyrrole nitrogens is 1. The summed E-state index contributed by atoms with van der Waals surface area (Å²) < 4.78 is 22.0. The van der Waals surface area contributed by atoms with E-state index in [1.807, 2.05) is 5.92 Å². The molecule has 1 rings (SSSR count). The summed E-state index contributed by atoms with van der Waals surface area (Å²) in [5, 5.41) is 5.42. The molecule has 5 nitrogen and oxygen atoms in total. The number of rotatable bonds is 2. The third-order valence-corrected chi connectivity index (χ3v) is 2.24. The van der Waals surface area contributed by atoms with Gasteiger partial charge >= 0.3 is 0 Å². The van der Waals surface area contributed by atoms with Gasteiger partial charge in [0, 0.05) is 0 Å². The topological polar surface area (TPSA) is 75.7 Å². The molecule has 0 radical (unpaired) electrons. The van der Waals surface area contributed by atoms with E-state index < -0.39 is 9.84 Å². The number of nitrogens with zero attached hydrogens (tertiary/aromatic N) is 2. The van der Waals surface area contributed by atoms with Gasteiger partial charge in [0.25, 0.3) is 5.16 Å². The first-order valence-electron chi connectivity index (χ1n) is 2.69. The molecule has 0 spiro atoms. The van der Waals surface area contributed by atoms with Crippen LogP contribution in [0.25, 0.3) is 0 Å². The van der Waals surface area contributed by atoms with Gasteiger partial charge in [-0.2, -0.15) is 0 Å². The largest absolute Gasteiger partial charge is 0.267 e. The summed E-state index contributed by atoms with van der Waals surface area (Å²) in [7, 11) is -3.46. The lowest BCUT2D eigenvalue weighted by molar-refractivity contribution is 0.591. The van der Waals surface area contributed by atoms with Gasteiger partial charge in [-0.25, -0.2) is 13.4 Å². The van der Waals surface area contributed by atoms with Crippen LogP contribution in [0, 0.1) is 12.3 Å². The Bertz CT molecular complexity index is 359. The average molecular weight is 171 g/mol. The van der Waals surface area contributed by atoms with Gasteiger partial charge in [0.05, 0.1) is 0 Å². The second-order valence-electron chi connectivity index (χ2n) is 1.74. The molecule has 0 bridgehead atoms. The van der Waals surface area contributed by atoms with E-state index in [-0.39, 0.29) is 10.9 Å². The fraction of sp³-hybridized carbons (Fsp3) is 0.200. The van der Waals surface area contributed by atoms with Crippen LogP contribution in [0.1, 0.15) is 0 Å². The molecule has 0 unspecified atom stereocenters. The summed E-state index contributed by atoms with van der Waals surface area (Å²) >= 11 is 0. The Kier molecular flexibility index (Phi) is 1.92. The van der Waals surface area contributed by atoms with E-state index >= 15 is 0 Å². The van der Waals surface area contributed by atoms with Gasteiger partial charge in [-0.3, -0.25) is 5.10 Å². The molecule has 0 aliphatic heterocycles. The van der Waals surface area contributed by atoms with Crippen molar-refractivity contribution in [2.45, 2.75) is 5.16 Å². The Morgan fingerprint density at radius 3 is 2.91 bits per heavy atom. The second kappa shape index (κ2) is 2.72. The van der Waals surface area contributed by atoms with Crippen LogP contribution in [-0.4, -0.2) is 29.4 Å². The second-order valence-corrected chi connectivity index (χ2v) is 3.63. The van der Waals surface area contributed by atoms with E-state index in [2.05, 4.69) is 15.2 Å². The van der Waals surface area contributed by atoms with Crippen molar-refractivity contribution in [3.05, 3.63) is 6.33 Å². The normalized spacial score (nSPS) is 10.8. The zero-order valence-corrected chi connectivity index (χ0v) is 6.30. The Morgan fingerprint density at radius 1 is 1.73 bits per heavy atom. The van der Waals surface area contributed by atoms with Gasteiger partial charge in [-0.1, -0.05) is 5.92 Å². The Morgan fingerprint density at radius 2 is 2.45 bits per heavy atom. The molecule has 0 saturated heterocycles. The lowest BCUT2D eigenvalue weighted by Crippen LogP contribution is -2.06. The third-order valence-electron chi connectivity index (χ3n) is 0.944. The lowest BCUT2D eigenvalue weighted by Gasteiger charge is -1.89. The first kappa shape index (κ1) is 7.75. The van der Waals surface area contributed by atoms with Gasteiger partial charge in [0.15, 0.2) is 0 Å². The van der Waals surface area contributed by atoms with Gasteiger partial charge in [0.1, 0.15) is 12.1 Å². The molecule has 0 aliphatic carbocycles. The summed E-state index contributed by atoms with van der Waals surface area (Å²) in [6.45, 7) is 0. The smallest absolute Gasteiger partial charge is 0.265 e. The minimum absolute atomic E-state index is 0.254.